The molecule has 4 rings (SSSR count). The lowest BCUT2D eigenvalue weighted by molar-refractivity contribution is -0.141. The van der Waals surface area contributed by atoms with Gasteiger partial charge in [0.1, 0.15) is 12.4 Å². The van der Waals surface area contributed by atoms with Crippen molar-refractivity contribution >= 4 is 27.7 Å². The number of hydrogen-bond donors (Lipinski definition) is 1. The van der Waals surface area contributed by atoms with Crippen LogP contribution in [-0.2, 0) is 23.8 Å². The van der Waals surface area contributed by atoms with Gasteiger partial charge in [0.05, 0.1) is 29.0 Å². The summed E-state index contributed by atoms with van der Waals surface area (Å²) in [5.74, 6) is -1.77. The third-order valence-corrected chi connectivity index (χ3v) is 5.25. The molecule has 0 saturated heterocycles. The average Bonchev–Trinajstić information content (AvgIpc) is 2.92. The number of carbonyl (C=O) groups is 2. The standard InChI is InChI=1S/C18H15BrFNO5/c1-24-7-13-17-16(18(23)26-13)14(8-2-3-10(20)9(19)4-8)15-11(21-17)5-25-6-12(15)22/h2-4,13-14,21H,5-7H2,1H3/t13-,14+/m0/s1. The van der Waals surface area contributed by atoms with Crippen LogP contribution in [0, 0.1) is 5.82 Å². The number of halogens is 2. The average molecular weight is 424 g/mol. The smallest absolute Gasteiger partial charge is 0.337 e. The van der Waals surface area contributed by atoms with Crippen LogP contribution in [0.1, 0.15) is 11.5 Å². The number of carbonyl (C=O) groups excluding carboxylic acids is 2. The lowest BCUT2D eigenvalue weighted by atomic mass is 9.78. The maximum atomic E-state index is 13.7. The highest BCUT2D eigenvalue weighted by Crippen LogP contribution is 2.44. The molecule has 1 aromatic rings. The van der Waals surface area contributed by atoms with Gasteiger partial charge in [-0.25, -0.2) is 9.18 Å². The second kappa shape index (κ2) is 6.61. The van der Waals surface area contributed by atoms with Crippen molar-refractivity contribution in [3.63, 3.8) is 0 Å². The van der Waals surface area contributed by atoms with Crippen LogP contribution in [-0.4, -0.2) is 44.8 Å². The van der Waals surface area contributed by atoms with Crippen molar-refractivity contribution < 1.29 is 28.2 Å². The van der Waals surface area contributed by atoms with E-state index in [1.807, 2.05) is 0 Å². The summed E-state index contributed by atoms with van der Waals surface area (Å²) in [5, 5.41) is 3.14. The number of methoxy groups -OCH3 is 1. The lowest BCUT2D eigenvalue weighted by Crippen LogP contribution is -2.38. The van der Waals surface area contributed by atoms with Gasteiger partial charge >= 0.3 is 5.97 Å². The minimum absolute atomic E-state index is 0.0570. The molecule has 0 saturated carbocycles. The van der Waals surface area contributed by atoms with Crippen molar-refractivity contribution in [3.8, 4) is 0 Å². The van der Waals surface area contributed by atoms with E-state index in [4.69, 9.17) is 14.2 Å². The summed E-state index contributed by atoms with van der Waals surface area (Å²) >= 11 is 3.17. The van der Waals surface area contributed by atoms with Gasteiger partial charge in [0.15, 0.2) is 11.9 Å². The molecule has 3 heterocycles. The lowest BCUT2D eigenvalue weighted by Gasteiger charge is -2.32. The first-order chi connectivity index (χ1) is 12.5. The zero-order chi connectivity index (χ0) is 18.4. The quantitative estimate of drug-likeness (QED) is 0.749. The fraction of sp³-hybridized carbons (Fsp3) is 0.333. The van der Waals surface area contributed by atoms with E-state index in [2.05, 4.69) is 21.2 Å². The molecular weight excluding hydrogens is 409 g/mol. The van der Waals surface area contributed by atoms with Crippen molar-refractivity contribution in [1.29, 1.82) is 0 Å². The van der Waals surface area contributed by atoms with Crippen molar-refractivity contribution in [1.82, 2.24) is 5.32 Å². The Morgan fingerprint density at radius 3 is 2.85 bits per heavy atom. The molecule has 0 aliphatic carbocycles. The van der Waals surface area contributed by atoms with Crippen LogP contribution in [0.25, 0.3) is 0 Å². The third-order valence-electron chi connectivity index (χ3n) is 4.64. The van der Waals surface area contributed by atoms with Crippen LogP contribution >= 0.6 is 15.9 Å². The van der Waals surface area contributed by atoms with Gasteiger partial charge in [0.2, 0.25) is 0 Å². The topological polar surface area (TPSA) is 73.9 Å². The summed E-state index contributed by atoms with van der Waals surface area (Å²) in [4.78, 5) is 25.1. The van der Waals surface area contributed by atoms with E-state index in [0.29, 0.717) is 28.1 Å². The summed E-state index contributed by atoms with van der Waals surface area (Å²) < 4.78 is 29.9. The predicted molar refractivity (Wildman–Crippen MR) is 91.6 cm³/mol. The molecule has 0 unspecified atom stereocenters. The molecule has 1 N–H and O–H groups in total. The van der Waals surface area contributed by atoms with Gasteiger partial charge < -0.3 is 19.5 Å². The molecule has 0 bridgehead atoms. The second-order valence-electron chi connectivity index (χ2n) is 6.22. The Morgan fingerprint density at radius 2 is 2.12 bits per heavy atom. The monoisotopic (exact) mass is 423 g/mol. The molecular formula is C18H15BrFNO5. The second-order valence-corrected chi connectivity index (χ2v) is 7.07. The number of nitrogens with one attached hydrogen (secondary N) is 1. The number of ketones is 1. The number of Topliss-reactive ketones (excluding diaryl/α,β-unsaturated/α-hetero) is 1. The van der Waals surface area contributed by atoms with Crippen LogP contribution in [0.5, 0.6) is 0 Å². The van der Waals surface area contributed by atoms with Gasteiger partial charge in [-0.2, -0.15) is 0 Å². The summed E-state index contributed by atoms with van der Waals surface area (Å²) in [6.45, 7) is 0.359. The first-order valence-electron chi connectivity index (χ1n) is 8.01. The summed E-state index contributed by atoms with van der Waals surface area (Å²) in [7, 11) is 1.52. The number of ether oxygens (including phenoxy) is 3. The molecule has 2 atom stereocenters. The largest absolute Gasteiger partial charge is 0.450 e. The highest BCUT2D eigenvalue weighted by Gasteiger charge is 2.46. The number of benzene rings is 1. The Hall–Kier alpha value is -2.03. The van der Waals surface area contributed by atoms with Crippen molar-refractivity contribution in [2.75, 3.05) is 26.9 Å². The van der Waals surface area contributed by atoms with Crippen LogP contribution in [0.3, 0.4) is 0 Å². The van der Waals surface area contributed by atoms with E-state index < -0.39 is 23.8 Å². The zero-order valence-electron chi connectivity index (χ0n) is 13.8. The van der Waals surface area contributed by atoms with E-state index in [-0.39, 0.29) is 30.1 Å². The van der Waals surface area contributed by atoms with Crippen LogP contribution in [0.4, 0.5) is 4.39 Å². The third kappa shape index (κ3) is 2.69. The summed E-state index contributed by atoms with van der Waals surface area (Å²) in [6, 6.07) is 4.46. The summed E-state index contributed by atoms with van der Waals surface area (Å²) in [5.41, 5.74) is 2.62. The number of hydrogen-bond acceptors (Lipinski definition) is 6. The summed E-state index contributed by atoms with van der Waals surface area (Å²) in [6.07, 6.45) is -0.583. The highest BCUT2D eigenvalue weighted by molar-refractivity contribution is 9.10. The van der Waals surface area contributed by atoms with E-state index in [1.54, 1.807) is 12.1 Å². The minimum Gasteiger partial charge on any atom is -0.450 e. The SMILES string of the molecule is COC[C@@H]1OC(=O)C2=C1NC1=C(C(=O)COC1)[C@H]2c1ccc(F)c(Br)c1. The molecule has 0 aromatic heterocycles. The number of rotatable bonds is 3. The molecule has 6 nitrogen and oxygen atoms in total. The van der Waals surface area contributed by atoms with Crippen LogP contribution in [0.2, 0.25) is 0 Å². The van der Waals surface area contributed by atoms with Crippen molar-refractivity contribution in [3.05, 3.63) is 56.6 Å². The van der Waals surface area contributed by atoms with Crippen LogP contribution in [0.15, 0.2) is 45.2 Å². The molecule has 0 amide bonds. The molecule has 8 heteroatoms. The first-order valence-corrected chi connectivity index (χ1v) is 8.80. The maximum absolute atomic E-state index is 13.7. The van der Waals surface area contributed by atoms with E-state index in [1.165, 1.54) is 13.2 Å². The minimum atomic E-state index is -0.635. The number of esters is 1. The molecule has 0 radical (unpaired) electrons. The van der Waals surface area contributed by atoms with Gasteiger partial charge in [0.25, 0.3) is 0 Å². The van der Waals surface area contributed by atoms with Gasteiger partial charge in [0, 0.05) is 24.3 Å². The Morgan fingerprint density at radius 1 is 1.31 bits per heavy atom. The first kappa shape index (κ1) is 17.4. The van der Waals surface area contributed by atoms with Gasteiger partial charge in [-0.1, -0.05) is 6.07 Å². The van der Waals surface area contributed by atoms with E-state index in [0.717, 1.165) is 0 Å². The van der Waals surface area contributed by atoms with Gasteiger partial charge in [-0.3, -0.25) is 4.79 Å². The van der Waals surface area contributed by atoms with Crippen molar-refractivity contribution in [2.24, 2.45) is 0 Å². The van der Waals surface area contributed by atoms with Gasteiger partial charge in [-0.05, 0) is 33.6 Å². The van der Waals surface area contributed by atoms with E-state index >= 15 is 0 Å². The molecule has 136 valence electrons. The Labute approximate surface area is 157 Å². The maximum Gasteiger partial charge on any atom is 0.337 e. The molecule has 26 heavy (non-hydrogen) atoms. The Bertz CT molecular complexity index is 878. The molecule has 3 aliphatic rings. The number of cyclic esters (lactones) is 1. The fourth-order valence-corrected chi connectivity index (χ4v) is 3.96. The Balaban J connectivity index is 1.89. The van der Waals surface area contributed by atoms with E-state index in [9.17, 15) is 14.0 Å². The molecule has 0 spiro atoms. The van der Waals surface area contributed by atoms with Gasteiger partial charge in [-0.15, -0.1) is 0 Å². The van der Waals surface area contributed by atoms with Crippen LogP contribution < -0.4 is 5.32 Å². The molecule has 1 aromatic carbocycles. The zero-order valence-corrected chi connectivity index (χ0v) is 15.4. The normalized spacial score (nSPS) is 25.0. The highest BCUT2D eigenvalue weighted by atomic mass is 79.9. The molecule has 3 aliphatic heterocycles. The van der Waals surface area contributed by atoms with Crippen molar-refractivity contribution in [2.45, 2.75) is 12.0 Å². The molecule has 0 fully saturated rings. The Kier molecular flexibility index (Phi) is 4.42. The predicted octanol–water partition coefficient (Wildman–Crippen LogP) is 1.95. The number of dihydropyridines is 1. The fourth-order valence-electron chi connectivity index (χ4n) is 3.57.